The van der Waals surface area contributed by atoms with Gasteiger partial charge in [-0.25, -0.2) is 0 Å². The summed E-state index contributed by atoms with van der Waals surface area (Å²) in [6, 6.07) is 20.2. The lowest BCUT2D eigenvalue weighted by molar-refractivity contribution is 0.0955. The molecule has 0 aliphatic carbocycles. The molecule has 0 unspecified atom stereocenters. The number of amides is 2. The van der Waals surface area contributed by atoms with E-state index >= 15 is 0 Å². The third-order valence-corrected chi connectivity index (χ3v) is 3.90. The number of benzene rings is 2. The van der Waals surface area contributed by atoms with Crippen LogP contribution in [-0.2, 0) is 6.42 Å². The number of aromatic nitrogens is 1. The highest BCUT2D eigenvalue weighted by Gasteiger charge is 2.13. The van der Waals surface area contributed by atoms with Gasteiger partial charge in [0.25, 0.3) is 11.8 Å². The number of pyridine rings is 1. The Labute approximate surface area is 152 Å². The molecule has 2 amide bonds. The highest BCUT2D eigenvalue weighted by molar-refractivity contribution is 6.08. The van der Waals surface area contributed by atoms with E-state index in [1.807, 2.05) is 30.3 Å². The van der Waals surface area contributed by atoms with E-state index in [1.165, 1.54) is 0 Å². The van der Waals surface area contributed by atoms with Crippen LogP contribution in [0.25, 0.3) is 0 Å². The first-order valence-electron chi connectivity index (χ1n) is 8.36. The molecule has 0 saturated carbocycles. The predicted molar refractivity (Wildman–Crippen MR) is 101 cm³/mol. The first-order chi connectivity index (χ1) is 12.7. The molecule has 0 aliphatic heterocycles. The molecule has 3 rings (SSSR count). The number of para-hydroxylation sites is 1. The number of nitrogens with zero attached hydrogens (tertiary/aromatic N) is 1. The van der Waals surface area contributed by atoms with Gasteiger partial charge in [-0.2, -0.15) is 0 Å². The van der Waals surface area contributed by atoms with Gasteiger partial charge in [-0.15, -0.1) is 0 Å². The fraction of sp³-hybridized carbons (Fsp3) is 0.0952. The van der Waals surface area contributed by atoms with Crippen LogP contribution in [0.4, 0.5) is 5.69 Å². The Balaban J connectivity index is 1.64. The molecular formula is C21H19N3O2. The summed E-state index contributed by atoms with van der Waals surface area (Å²) < 4.78 is 0. The van der Waals surface area contributed by atoms with Crippen molar-refractivity contribution in [2.45, 2.75) is 6.42 Å². The summed E-state index contributed by atoms with van der Waals surface area (Å²) in [5.74, 6) is -0.497. The highest BCUT2D eigenvalue weighted by atomic mass is 16.2. The lowest BCUT2D eigenvalue weighted by Gasteiger charge is -2.11. The minimum atomic E-state index is -0.281. The van der Waals surface area contributed by atoms with Gasteiger partial charge in [0.05, 0.1) is 11.3 Å². The Morgan fingerprint density at radius 1 is 0.808 bits per heavy atom. The van der Waals surface area contributed by atoms with E-state index in [0.29, 0.717) is 23.4 Å². The van der Waals surface area contributed by atoms with Gasteiger partial charge in [0.2, 0.25) is 0 Å². The molecular weight excluding hydrogens is 326 g/mol. The molecule has 1 heterocycles. The lowest BCUT2D eigenvalue weighted by Crippen LogP contribution is -2.27. The molecule has 0 fully saturated rings. The standard InChI is InChI=1S/C21H19N3O2/c25-20(17-11-13-22-14-12-17)24-19-9-5-4-8-18(19)21(26)23-15-10-16-6-2-1-3-7-16/h1-9,11-14H,10,15H2,(H,23,26)(H,24,25). The SMILES string of the molecule is O=C(Nc1ccccc1C(=O)NCCc1ccccc1)c1ccncc1. The summed E-state index contributed by atoms with van der Waals surface area (Å²) in [4.78, 5) is 28.7. The van der Waals surface area contributed by atoms with Crippen molar-refractivity contribution in [2.75, 3.05) is 11.9 Å². The zero-order chi connectivity index (χ0) is 18.2. The van der Waals surface area contributed by atoms with E-state index in [-0.39, 0.29) is 11.8 Å². The van der Waals surface area contributed by atoms with E-state index in [9.17, 15) is 9.59 Å². The molecule has 130 valence electrons. The average Bonchev–Trinajstić information content (AvgIpc) is 2.70. The van der Waals surface area contributed by atoms with Crippen molar-refractivity contribution in [1.29, 1.82) is 0 Å². The molecule has 0 bridgehead atoms. The predicted octanol–water partition coefficient (Wildman–Crippen LogP) is 3.31. The van der Waals surface area contributed by atoms with Gasteiger partial charge >= 0.3 is 0 Å². The van der Waals surface area contributed by atoms with Crippen LogP contribution < -0.4 is 10.6 Å². The van der Waals surface area contributed by atoms with E-state index < -0.39 is 0 Å². The zero-order valence-corrected chi connectivity index (χ0v) is 14.2. The third kappa shape index (κ3) is 4.54. The van der Waals surface area contributed by atoms with Crippen molar-refractivity contribution in [2.24, 2.45) is 0 Å². The number of carbonyl (C=O) groups excluding carboxylic acids is 2. The quantitative estimate of drug-likeness (QED) is 0.720. The van der Waals surface area contributed by atoms with Crippen LogP contribution in [0.2, 0.25) is 0 Å². The second kappa shape index (κ2) is 8.58. The maximum atomic E-state index is 12.5. The zero-order valence-electron chi connectivity index (χ0n) is 14.2. The summed E-state index contributed by atoms with van der Waals surface area (Å²) in [7, 11) is 0. The van der Waals surface area contributed by atoms with Crippen LogP contribution >= 0.6 is 0 Å². The third-order valence-electron chi connectivity index (χ3n) is 3.90. The summed E-state index contributed by atoms with van der Waals surface area (Å²) in [5.41, 5.74) is 2.56. The van der Waals surface area contributed by atoms with Crippen molar-refractivity contribution in [3.8, 4) is 0 Å². The highest BCUT2D eigenvalue weighted by Crippen LogP contribution is 2.16. The first-order valence-corrected chi connectivity index (χ1v) is 8.36. The second-order valence-electron chi connectivity index (χ2n) is 5.73. The lowest BCUT2D eigenvalue weighted by atomic mass is 10.1. The average molecular weight is 345 g/mol. The Bertz CT molecular complexity index is 880. The Morgan fingerprint density at radius 2 is 1.50 bits per heavy atom. The molecule has 0 radical (unpaired) electrons. The van der Waals surface area contributed by atoms with Crippen molar-refractivity contribution in [3.63, 3.8) is 0 Å². The topological polar surface area (TPSA) is 71.1 Å². The van der Waals surface area contributed by atoms with Gasteiger partial charge in [-0.3, -0.25) is 14.6 Å². The van der Waals surface area contributed by atoms with Crippen LogP contribution in [-0.4, -0.2) is 23.3 Å². The van der Waals surface area contributed by atoms with Crippen LogP contribution in [0.15, 0.2) is 79.1 Å². The summed E-state index contributed by atoms with van der Waals surface area (Å²) in [5, 5.41) is 5.69. The number of hydrogen-bond donors (Lipinski definition) is 2. The smallest absolute Gasteiger partial charge is 0.255 e. The Morgan fingerprint density at radius 3 is 2.27 bits per heavy atom. The van der Waals surface area contributed by atoms with Gasteiger partial charge in [0.15, 0.2) is 0 Å². The molecule has 1 aromatic heterocycles. The van der Waals surface area contributed by atoms with Gasteiger partial charge in [0, 0.05) is 24.5 Å². The van der Waals surface area contributed by atoms with Crippen molar-refractivity contribution in [1.82, 2.24) is 10.3 Å². The number of rotatable bonds is 6. The van der Waals surface area contributed by atoms with Gasteiger partial charge in [0.1, 0.15) is 0 Å². The minimum Gasteiger partial charge on any atom is -0.352 e. The minimum absolute atomic E-state index is 0.216. The van der Waals surface area contributed by atoms with Gasteiger partial charge in [-0.05, 0) is 36.2 Å². The Kier molecular flexibility index (Phi) is 5.72. The molecule has 26 heavy (non-hydrogen) atoms. The molecule has 0 aliphatic rings. The summed E-state index contributed by atoms with van der Waals surface area (Å²) in [6.45, 7) is 0.523. The van der Waals surface area contributed by atoms with Crippen LogP contribution in [0.5, 0.6) is 0 Å². The maximum Gasteiger partial charge on any atom is 0.255 e. The summed E-state index contributed by atoms with van der Waals surface area (Å²) in [6.07, 6.45) is 3.85. The normalized spacial score (nSPS) is 10.2. The molecule has 3 aromatic rings. The molecule has 2 aromatic carbocycles. The maximum absolute atomic E-state index is 12.5. The van der Waals surface area contributed by atoms with Crippen LogP contribution in [0.3, 0.4) is 0 Å². The van der Waals surface area contributed by atoms with E-state index in [2.05, 4.69) is 15.6 Å². The number of anilines is 1. The molecule has 0 atom stereocenters. The second-order valence-corrected chi connectivity index (χ2v) is 5.73. The van der Waals surface area contributed by atoms with E-state index in [1.54, 1.807) is 48.8 Å². The monoisotopic (exact) mass is 345 g/mol. The fourth-order valence-electron chi connectivity index (χ4n) is 2.55. The molecule has 5 nitrogen and oxygen atoms in total. The fourth-order valence-corrected chi connectivity index (χ4v) is 2.55. The van der Waals surface area contributed by atoms with E-state index in [0.717, 1.165) is 12.0 Å². The number of carbonyl (C=O) groups is 2. The van der Waals surface area contributed by atoms with Crippen molar-refractivity contribution in [3.05, 3.63) is 95.8 Å². The van der Waals surface area contributed by atoms with Crippen LogP contribution in [0, 0.1) is 0 Å². The largest absolute Gasteiger partial charge is 0.352 e. The van der Waals surface area contributed by atoms with Crippen molar-refractivity contribution >= 4 is 17.5 Å². The molecule has 5 heteroatoms. The number of hydrogen-bond acceptors (Lipinski definition) is 3. The van der Waals surface area contributed by atoms with E-state index in [4.69, 9.17) is 0 Å². The molecule has 0 spiro atoms. The van der Waals surface area contributed by atoms with Gasteiger partial charge < -0.3 is 10.6 Å². The number of nitrogens with one attached hydrogen (secondary N) is 2. The Hall–Kier alpha value is -3.47. The molecule has 2 N–H and O–H groups in total. The summed E-state index contributed by atoms with van der Waals surface area (Å²) >= 11 is 0. The van der Waals surface area contributed by atoms with Crippen LogP contribution in [0.1, 0.15) is 26.3 Å². The first kappa shape index (κ1) is 17.4. The van der Waals surface area contributed by atoms with Crippen molar-refractivity contribution < 1.29 is 9.59 Å². The van der Waals surface area contributed by atoms with Gasteiger partial charge in [-0.1, -0.05) is 42.5 Å². The molecule has 0 saturated heterocycles.